The maximum atomic E-state index is 12.5. The number of carbonyl (C=O) groups is 2. The number of ketones is 1. The lowest BCUT2D eigenvalue weighted by molar-refractivity contribution is -0.118. The third-order valence-electron chi connectivity index (χ3n) is 3.86. The lowest BCUT2D eigenvalue weighted by atomic mass is 10.0. The Morgan fingerprint density at radius 1 is 1.24 bits per heavy atom. The molecule has 1 amide bonds. The fourth-order valence-electron chi connectivity index (χ4n) is 2.72. The Kier molecular flexibility index (Phi) is 3.88. The van der Waals surface area contributed by atoms with Crippen molar-refractivity contribution in [3.8, 4) is 0 Å². The van der Waals surface area contributed by atoms with Gasteiger partial charge in [0.25, 0.3) is 0 Å². The van der Waals surface area contributed by atoms with Gasteiger partial charge in [-0.2, -0.15) is 0 Å². The molecule has 0 fully saturated rings. The molecule has 1 aliphatic heterocycles. The summed E-state index contributed by atoms with van der Waals surface area (Å²) in [6, 6.07) is 9.48. The van der Waals surface area contributed by atoms with E-state index in [4.69, 9.17) is 0 Å². The van der Waals surface area contributed by atoms with E-state index in [2.05, 4.69) is 0 Å². The van der Waals surface area contributed by atoms with Gasteiger partial charge in [0.2, 0.25) is 5.91 Å². The zero-order valence-electron chi connectivity index (χ0n) is 12.0. The molecule has 2 heterocycles. The number of aryl methyl sites for hydroxylation is 2. The van der Waals surface area contributed by atoms with Crippen molar-refractivity contribution in [2.75, 3.05) is 11.4 Å². The first-order valence-corrected chi connectivity index (χ1v) is 8.00. The molecule has 0 atom stereocenters. The van der Waals surface area contributed by atoms with E-state index in [1.165, 1.54) is 4.88 Å². The number of nitrogens with zero attached hydrogens (tertiary/aromatic N) is 1. The van der Waals surface area contributed by atoms with E-state index >= 15 is 0 Å². The van der Waals surface area contributed by atoms with Crippen molar-refractivity contribution in [1.82, 2.24) is 0 Å². The summed E-state index contributed by atoms with van der Waals surface area (Å²) in [4.78, 5) is 27.7. The highest BCUT2D eigenvalue weighted by atomic mass is 32.1. The molecule has 21 heavy (non-hydrogen) atoms. The number of rotatable bonds is 3. The van der Waals surface area contributed by atoms with E-state index in [0.717, 1.165) is 24.1 Å². The maximum absolute atomic E-state index is 12.5. The summed E-state index contributed by atoms with van der Waals surface area (Å²) in [5.74, 6) is 0.0505. The van der Waals surface area contributed by atoms with Gasteiger partial charge >= 0.3 is 0 Å². The Hall–Kier alpha value is -1.94. The lowest BCUT2D eigenvalue weighted by Crippen LogP contribution is -2.35. The molecule has 0 spiro atoms. The Morgan fingerprint density at radius 3 is 2.86 bits per heavy atom. The van der Waals surface area contributed by atoms with E-state index in [1.807, 2.05) is 42.6 Å². The van der Waals surface area contributed by atoms with Gasteiger partial charge in [-0.05, 0) is 36.8 Å². The molecule has 0 unspecified atom stereocenters. The number of Topliss-reactive ketones (excluding diaryl/α,β-unsaturated/α-hetero) is 1. The second-order valence-electron chi connectivity index (χ2n) is 5.30. The van der Waals surface area contributed by atoms with Crippen LogP contribution in [0.25, 0.3) is 0 Å². The van der Waals surface area contributed by atoms with E-state index in [-0.39, 0.29) is 18.2 Å². The largest absolute Gasteiger partial charge is 0.303 e. The predicted octanol–water partition coefficient (Wildman–Crippen LogP) is 3.61. The van der Waals surface area contributed by atoms with Crippen LogP contribution in [0.3, 0.4) is 0 Å². The minimum Gasteiger partial charge on any atom is -0.303 e. The Labute approximate surface area is 128 Å². The van der Waals surface area contributed by atoms with Crippen LogP contribution >= 0.6 is 11.3 Å². The van der Waals surface area contributed by atoms with E-state index in [9.17, 15) is 9.59 Å². The third kappa shape index (κ3) is 2.76. The molecule has 3 nitrogen and oxygen atoms in total. The molecule has 1 aromatic carbocycles. The SMILES string of the molecule is Cc1ccccc1C(=O)CN1C(=O)CCCc2sccc21. The zero-order chi connectivity index (χ0) is 14.8. The van der Waals surface area contributed by atoms with Crippen LogP contribution in [0.5, 0.6) is 0 Å². The van der Waals surface area contributed by atoms with Crippen LogP contribution in [-0.4, -0.2) is 18.2 Å². The van der Waals surface area contributed by atoms with Gasteiger partial charge in [-0.1, -0.05) is 24.3 Å². The summed E-state index contributed by atoms with van der Waals surface area (Å²) in [5.41, 5.74) is 2.58. The van der Waals surface area contributed by atoms with Gasteiger partial charge in [-0.15, -0.1) is 11.3 Å². The van der Waals surface area contributed by atoms with Gasteiger partial charge in [0, 0.05) is 16.9 Å². The molecule has 4 heteroatoms. The van der Waals surface area contributed by atoms with Gasteiger partial charge in [-0.3, -0.25) is 9.59 Å². The van der Waals surface area contributed by atoms with Crippen molar-refractivity contribution in [3.05, 3.63) is 51.7 Å². The van der Waals surface area contributed by atoms with Crippen molar-refractivity contribution >= 4 is 28.7 Å². The second-order valence-corrected chi connectivity index (χ2v) is 6.30. The number of amides is 1. The van der Waals surface area contributed by atoms with Crippen molar-refractivity contribution < 1.29 is 9.59 Å². The summed E-state index contributed by atoms with van der Waals surface area (Å²) in [6.45, 7) is 2.06. The minimum atomic E-state index is 0.000463. The fourth-order valence-corrected chi connectivity index (χ4v) is 3.64. The Morgan fingerprint density at radius 2 is 2.05 bits per heavy atom. The molecule has 3 rings (SSSR count). The minimum absolute atomic E-state index is 0.000463. The van der Waals surface area contributed by atoms with E-state index in [1.54, 1.807) is 16.2 Å². The monoisotopic (exact) mass is 299 g/mol. The molecule has 0 aliphatic carbocycles. The van der Waals surface area contributed by atoms with Crippen LogP contribution < -0.4 is 4.90 Å². The van der Waals surface area contributed by atoms with Crippen molar-refractivity contribution in [3.63, 3.8) is 0 Å². The third-order valence-corrected chi connectivity index (χ3v) is 4.83. The number of hydrogen-bond acceptors (Lipinski definition) is 3. The molecule has 1 aromatic heterocycles. The summed E-state index contributed by atoms with van der Waals surface area (Å²) < 4.78 is 0. The molecule has 0 bridgehead atoms. The summed E-state index contributed by atoms with van der Waals surface area (Å²) >= 11 is 1.67. The number of benzene rings is 1. The first kappa shape index (κ1) is 14.0. The summed E-state index contributed by atoms with van der Waals surface area (Å²) in [7, 11) is 0. The highest BCUT2D eigenvalue weighted by Crippen LogP contribution is 2.31. The van der Waals surface area contributed by atoms with Crippen LogP contribution in [0, 0.1) is 6.92 Å². The first-order valence-electron chi connectivity index (χ1n) is 7.12. The molecule has 1 aliphatic rings. The molecule has 2 aromatic rings. The summed E-state index contributed by atoms with van der Waals surface area (Å²) in [5, 5.41) is 1.99. The van der Waals surface area contributed by atoms with Crippen molar-refractivity contribution in [2.45, 2.75) is 26.2 Å². The number of thiophene rings is 1. The van der Waals surface area contributed by atoms with Gasteiger partial charge in [-0.25, -0.2) is 0 Å². The number of carbonyl (C=O) groups excluding carboxylic acids is 2. The van der Waals surface area contributed by atoms with Crippen molar-refractivity contribution in [1.29, 1.82) is 0 Å². The smallest absolute Gasteiger partial charge is 0.227 e. The van der Waals surface area contributed by atoms with Crippen LogP contribution in [0.1, 0.15) is 33.6 Å². The van der Waals surface area contributed by atoms with Gasteiger partial charge in [0.15, 0.2) is 5.78 Å². The quantitative estimate of drug-likeness (QED) is 0.812. The Balaban J connectivity index is 1.89. The maximum Gasteiger partial charge on any atom is 0.227 e. The van der Waals surface area contributed by atoms with Crippen LogP contribution in [-0.2, 0) is 11.2 Å². The van der Waals surface area contributed by atoms with E-state index < -0.39 is 0 Å². The zero-order valence-corrected chi connectivity index (χ0v) is 12.8. The average Bonchev–Trinajstić information content (AvgIpc) is 2.87. The first-order chi connectivity index (χ1) is 10.2. The average molecular weight is 299 g/mol. The van der Waals surface area contributed by atoms with Gasteiger partial charge in [0.05, 0.1) is 12.2 Å². The van der Waals surface area contributed by atoms with Crippen LogP contribution in [0.15, 0.2) is 35.7 Å². The molecular formula is C17H17NO2S. The fraction of sp³-hybridized carbons (Fsp3) is 0.294. The number of fused-ring (bicyclic) bond motifs is 1. The number of hydrogen-bond donors (Lipinski definition) is 0. The molecule has 0 radical (unpaired) electrons. The number of anilines is 1. The molecule has 0 saturated carbocycles. The normalized spacial score (nSPS) is 14.7. The molecule has 0 N–H and O–H groups in total. The summed E-state index contributed by atoms with van der Waals surface area (Å²) in [6.07, 6.45) is 2.30. The van der Waals surface area contributed by atoms with Crippen LogP contribution in [0.2, 0.25) is 0 Å². The van der Waals surface area contributed by atoms with E-state index in [0.29, 0.717) is 12.0 Å². The standard InChI is InChI=1S/C17H17NO2S/c1-12-5-2-3-6-13(12)15(19)11-18-14-9-10-21-16(14)7-4-8-17(18)20/h2-3,5-6,9-10H,4,7-8,11H2,1H3. The molecular weight excluding hydrogens is 282 g/mol. The van der Waals surface area contributed by atoms with Gasteiger partial charge < -0.3 is 4.90 Å². The van der Waals surface area contributed by atoms with Gasteiger partial charge in [0.1, 0.15) is 0 Å². The van der Waals surface area contributed by atoms with Crippen LogP contribution in [0.4, 0.5) is 5.69 Å². The molecule has 0 saturated heterocycles. The Bertz CT molecular complexity index is 690. The highest BCUT2D eigenvalue weighted by molar-refractivity contribution is 7.10. The van der Waals surface area contributed by atoms with Crippen molar-refractivity contribution in [2.24, 2.45) is 0 Å². The second kappa shape index (κ2) is 5.82. The molecule has 108 valence electrons. The highest BCUT2D eigenvalue weighted by Gasteiger charge is 2.25. The predicted molar refractivity (Wildman–Crippen MR) is 85.1 cm³/mol. The lowest BCUT2D eigenvalue weighted by Gasteiger charge is -2.20. The topological polar surface area (TPSA) is 37.4 Å².